The smallest absolute Gasteiger partial charge is 0.305 e. The number of esters is 1. The van der Waals surface area contributed by atoms with Gasteiger partial charge in [-0.2, -0.15) is 0 Å². The number of hydrogen-bond acceptors (Lipinski definition) is 2. The van der Waals surface area contributed by atoms with Crippen LogP contribution in [0.4, 0.5) is 0 Å². The van der Waals surface area contributed by atoms with Gasteiger partial charge in [-0.25, -0.2) is 0 Å². The first-order valence-electron chi connectivity index (χ1n) is 15.3. The number of hydrogen-bond donors (Lipinski definition) is 0. The van der Waals surface area contributed by atoms with Crippen LogP contribution < -0.4 is 0 Å². The Hall–Kier alpha value is -0.530. The summed E-state index contributed by atoms with van der Waals surface area (Å²) in [4.78, 5) is 11.7. The van der Waals surface area contributed by atoms with Gasteiger partial charge in [0.1, 0.15) is 0 Å². The Morgan fingerprint density at radius 2 is 0.848 bits per heavy atom. The molecule has 0 N–H and O–H groups in total. The van der Waals surface area contributed by atoms with Gasteiger partial charge in [-0.05, 0) is 25.2 Å². The van der Waals surface area contributed by atoms with Gasteiger partial charge in [0, 0.05) is 6.42 Å². The highest BCUT2D eigenvalue weighted by Crippen LogP contribution is 2.15. The van der Waals surface area contributed by atoms with Crippen molar-refractivity contribution in [1.29, 1.82) is 0 Å². The molecule has 198 valence electrons. The van der Waals surface area contributed by atoms with Crippen molar-refractivity contribution in [3.63, 3.8) is 0 Å². The number of unbranched alkanes of at least 4 members (excludes halogenated alkanes) is 21. The molecule has 0 spiro atoms. The van der Waals surface area contributed by atoms with E-state index in [0.29, 0.717) is 18.9 Å². The van der Waals surface area contributed by atoms with Crippen LogP contribution in [0.25, 0.3) is 0 Å². The number of rotatable bonds is 27. The van der Waals surface area contributed by atoms with E-state index in [1.807, 2.05) is 0 Å². The summed E-state index contributed by atoms with van der Waals surface area (Å²) in [5.41, 5.74) is 0. The number of carbonyl (C=O) groups is 1. The molecule has 0 bridgehead atoms. The van der Waals surface area contributed by atoms with E-state index in [9.17, 15) is 4.79 Å². The van der Waals surface area contributed by atoms with Crippen LogP contribution in [0, 0.1) is 5.92 Å². The third-order valence-electron chi connectivity index (χ3n) is 6.92. The van der Waals surface area contributed by atoms with Crippen LogP contribution >= 0.6 is 0 Å². The first-order valence-corrected chi connectivity index (χ1v) is 15.3. The fourth-order valence-corrected chi connectivity index (χ4v) is 4.63. The van der Waals surface area contributed by atoms with Crippen molar-refractivity contribution in [1.82, 2.24) is 0 Å². The summed E-state index contributed by atoms with van der Waals surface area (Å²) in [6.07, 6.45) is 33.5. The molecule has 0 atom stereocenters. The molecule has 0 radical (unpaired) electrons. The molecule has 0 saturated heterocycles. The van der Waals surface area contributed by atoms with Crippen LogP contribution in [0.15, 0.2) is 0 Å². The summed E-state index contributed by atoms with van der Waals surface area (Å²) >= 11 is 0. The Balaban J connectivity index is 3.09. The Morgan fingerprint density at radius 3 is 1.18 bits per heavy atom. The van der Waals surface area contributed by atoms with Crippen LogP contribution in [-0.2, 0) is 9.53 Å². The van der Waals surface area contributed by atoms with Crippen molar-refractivity contribution in [2.24, 2.45) is 5.92 Å². The molecule has 0 saturated carbocycles. The average molecular weight is 467 g/mol. The third-order valence-corrected chi connectivity index (χ3v) is 6.92. The standard InChI is InChI=1S/C31H62O2/c1-4-5-6-7-8-9-10-11-12-13-14-15-16-17-18-19-20-21-22-23-24-25-28-31(32)33-29-26-27-30(2)3/h30H,4-29H2,1-3H3. The summed E-state index contributed by atoms with van der Waals surface area (Å²) in [7, 11) is 0. The van der Waals surface area contributed by atoms with Gasteiger partial charge < -0.3 is 4.74 Å². The van der Waals surface area contributed by atoms with E-state index in [1.54, 1.807) is 0 Å². The van der Waals surface area contributed by atoms with Gasteiger partial charge in [-0.1, -0.05) is 156 Å². The highest BCUT2D eigenvalue weighted by molar-refractivity contribution is 5.69. The first-order chi connectivity index (χ1) is 16.2. The molecule has 0 aliphatic heterocycles. The molecule has 2 heteroatoms. The minimum absolute atomic E-state index is 0.00641. The zero-order valence-electron chi connectivity index (χ0n) is 23.3. The molecule has 0 aromatic rings. The second kappa shape index (κ2) is 27.7. The van der Waals surface area contributed by atoms with Crippen LogP contribution in [0.1, 0.15) is 181 Å². The van der Waals surface area contributed by atoms with E-state index < -0.39 is 0 Å². The van der Waals surface area contributed by atoms with Gasteiger partial charge >= 0.3 is 5.97 Å². The van der Waals surface area contributed by atoms with Crippen molar-refractivity contribution >= 4 is 5.97 Å². The Morgan fingerprint density at radius 1 is 0.515 bits per heavy atom. The summed E-state index contributed by atoms with van der Waals surface area (Å²) in [6, 6.07) is 0. The highest BCUT2D eigenvalue weighted by atomic mass is 16.5. The van der Waals surface area contributed by atoms with Crippen molar-refractivity contribution in [3.05, 3.63) is 0 Å². The maximum absolute atomic E-state index is 11.7. The molecule has 0 aromatic carbocycles. The Labute approximate surface area is 209 Å². The topological polar surface area (TPSA) is 26.3 Å². The van der Waals surface area contributed by atoms with Gasteiger partial charge in [0.05, 0.1) is 6.61 Å². The summed E-state index contributed by atoms with van der Waals surface area (Å²) < 4.78 is 5.30. The molecule has 33 heavy (non-hydrogen) atoms. The minimum Gasteiger partial charge on any atom is -0.466 e. The lowest BCUT2D eigenvalue weighted by molar-refractivity contribution is -0.143. The zero-order chi connectivity index (χ0) is 24.2. The predicted molar refractivity (Wildman–Crippen MR) is 147 cm³/mol. The summed E-state index contributed by atoms with van der Waals surface area (Å²) in [5, 5.41) is 0. The fraction of sp³-hybridized carbons (Fsp3) is 0.968. The van der Waals surface area contributed by atoms with Crippen molar-refractivity contribution in [2.75, 3.05) is 6.61 Å². The average Bonchev–Trinajstić information content (AvgIpc) is 2.80. The van der Waals surface area contributed by atoms with E-state index in [-0.39, 0.29) is 5.97 Å². The normalized spacial score (nSPS) is 11.4. The van der Waals surface area contributed by atoms with E-state index >= 15 is 0 Å². The van der Waals surface area contributed by atoms with Crippen LogP contribution in [0.5, 0.6) is 0 Å². The summed E-state index contributed by atoms with van der Waals surface area (Å²) in [6.45, 7) is 7.32. The van der Waals surface area contributed by atoms with Crippen molar-refractivity contribution in [3.8, 4) is 0 Å². The molecule has 0 aliphatic rings. The van der Waals surface area contributed by atoms with Gasteiger partial charge in [-0.3, -0.25) is 4.79 Å². The lowest BCUT2D eigenvalue weighted by atomic mass is 10.0. The second-order valence-corrected chi connectivity index (χ2v) is 10.9. The SMILES string of the molecule is CCCCCCCCCCCCCCCCCCCCCCCCC(=O)OCCCC(C)C. The minimum atomic E-state index is 0.00641. The molecule has 0 rings (SSSR count). The molecule has 0 aliphatic carbocycles. The van der Waals surface area contributed by atoms with E-state index in [4.69, 9.17) is 4.74 Å². The highest BCUT2D eigenvalue weighted by Gasteiger charge is 2.03. The van der Waals surface area contributed by atoms with Gasteiger partial charge in [0.2, 0.25) is 0 Å². The largest absolute Gasteiger partial charge is 0.466 e. The van der Waals surface area contributed by atoms with Crippen molar-refractivity contribution < 1.29 is 9.53 Å². The quantitative estimate of drug-likeness (QED) is 0.0888. The number of ether oxygens (including phenoxy) is 1. The molecule has 0 aromatic heterocycles. The monoisotopic (exact) mass is 466 g/mol. The fourth-order valence-electron chi connectivity index (χ4n) is 4.63. The predicted octanol–water partition coefficient (Wildman–Crippen LogP) is 11.0. The van der Waals surface area contributed by atoms with Gasteiger partial charge in [0.25, 0.3) is 0 Å². The van der Waals surface area contributed by atoms with E-state index in [0.717, 1.165) is 19.3 Å². The van der Waals surface area contributed by atoms with Gasteiger partial charge in [0.15, 0.2) is 0 Å². The second-order valence-electron chi connectivity index (χ2n) is 10.9. The van der Waals surface area contributed by atoms with Crippen LogP contribution in [-0.4, -0.2) is 12.6 Å². The van der Waals surface area contributed by atoms with E-state index in [2.05, 4.69) is 20.8 Å². The molecule has 0 amide bonds. The molecule has 2 nitrogen and oxygen atoms in total. The molecule has 0 fully saturated rings. The molecule has 0 heterocycles. The lowest BCUT2D eigenvalue weighted by Crippen LogP contribution is -2.06. The molecular weight excluding hydrogens is 404 g/mol. The first kappa shape index (κ1) is 32.5. The Bertz CT molecular complexity index is 377. The zero-order valence-corrected chi connectivity index (χ0v) is 23.3. The molecule has 0 unspecified atom stereocenters. The van der Waals surface area contributed by atoms with Gasteiger partial charge in [-0.15, -0.1) is 0 Å². The van der Waals surface area contributed by atoms with Crippen LogP contribution in [0.3, 0.4) is 0 Å². The third kappa shape index (κ3) is 29.4. The Kier molecular flexibility index (Phi) is 27.3. The van der Waals surface area contributed by atoms with Crippen LogP contribution in [0.2, 0.25) is 0 Å². The molecular formula is C31H62O2. The maximum Gasteiger partial charge on any atom is 0.305 e. The maximum atomic E-state index is 11.7. The van der Waals surface area contributed by atoms with E-state index in [1.165, 1.54) is 135 Å². The summed E-state index contributed by atoms with van der Waals surface area (Å²) in [5.74, 6) is 0.704. The number of carbonyl (C=O) groups excluding carboxylic acids is 1. The van der Waals surface area contributed by atoms with Crippen molar-refractivity contribution in [2.45, 2.75) is 181 Å². The lowest BCUT2D eigenvalue weighted by Gasteiger charge is -2.06.